The first-order valence-corrected chi connectivity index (χ1v) is 16.8. The Morgan fingerprint density at radius 2 is 1.19 bits per heavy atom. The van der Waals surface area contributed by atoms with Crippen LogP contribution in [0.4, 0.5) is 0 Å². The molecule has 0 aromatic heterocycles. The lowest BCUT2D eigenvalue weighted by atomic mass is 10.0. The van der Waals surface area contributed by atoms with Crippen LogP contribution in [0.2, 0.25) is 0 Å². The molecule has 7 nitrogen and oxygen atoms in total. The van der Waals surface area contributed by atoms with E-state index in [4.69, 9.17) is 14.0 Å². The van der Waals surface area contributed by atoms with E-state index >= 15 is 0 Å². The van der Waals surface area contributed by atoms with Crippen LogP contribution in [-0.2, 0) is 23.4 Å². The summed E-state index contributed by atoms with van der Waals surface area (Å²) in [6, 6.07) is 0. The summed E-state index contributed by atoms with van der Waals surface area (Å²) in [5.74, 6) is -0.450. The molecule has 8 heteroatoms. The van der Waals surface area contributed by atoms with Gasteiger partial charge in [0.1, 0.15) is 6.10 Å². The molecule has 0 heterocycles. The molecule has 0 aliphatic carbocycles. The highest BCUT2D eigenvalue weighted by Gasteiger charge is 2.26. The summed E-state index contributed by atoms with van der Waals surface area (Å²) in [5.41, 5.74) is 0. The molecule has 0 fully saturated rings. The van der Waals surface area contributed by atoms with Gasteiger partial charge in [-0.2, -0.15) is 0 Å². The zero-order valence-electron chi connectivity index (χ0n) is 25.0. The molecule has 0 radical (unpaired) electrons. The van der Waals surface area contributed by atoms with Crippen molar-refractivity contribution in [3.63, 3.8) is 0 Å². The van der Waals surface area contributed by atoms with Gasteiger partial charge in [0.2, 0.25) is 0 Å². The third kappa shape index (κ3) is 28.4. The topological polar surface area (TPSA) is 82.1 Å². The molecule has 2 unspecified atom stereocenters. The second-order valence-electron chi connectivity index (χ2n) is 11.6. The van der Waals surface area contributed by atoms with E-state index in [9.17, 15) is 14.3 Å². The Hall–Kier alpha value is -0.460. The number of quaternary nitrogens is 1. The van der Waals surface area contributed by atoms with E-state index in [-0.39, 0.29) is 19.4 Å². The summed E-state index contributed by atoms with van der Waals surface area (Å²) in [7, 11) is 2.13. The van der Waals surface area contributed by atoms with Crippen LogP contribution in [0.1, 0.15) is 123 Å². The Balaban J connectivity index is 3.66. The lowest BCUT2D eigenvalue weighted by Crippen LogP contribution is -2.37. The molecule has 0 aromatic rings. The second-order valence-corrected chi connectivity index (χ2v) is 13.6. The quantitative estimate of drug-likeness (QED) is 0.0494. The van der Waals surface area contributed by atoms with Gasteiger partial charge < -0.3 is 23.4 Å². The van der Waals surface area contributed by atoms with E-state index in [0.29, 0.717) is 17.6 Å². The normalized spacial score (nSPS) is 14.4. The number of carbonyl (C=O) groups excluding carboxylic acids is 1. The number of hydrogen-bond donors (Lipinski definition) is 1. The van der Waals surface area contributed by atoms with Gasteiger partial charge in [0.15, 0.2) is 0 Å². The van der Waals surface area contributed by atoms with Crippen LogP contribution < -0.4 is 0 Å². The smallest absolute Gasteiger partial charge is 0.333 e. The maximum Gasteiger partial charge on any atom is 0.333 e. The minimum absolute atomic E-state index is 0.0589. The first kappa shape index (κ1) is 36.5. The number of esters is 1. The van der Waals surface area contributed by atoms with Crippen molar-refractivity contribution in [1.29, 1.82) is 0 Å². The van der Waals surface area contributed by atoms with Crippen molar-refractivity contribution in [3.8, 4) is 0 Å². The van der Waals surface area contributed by atoms with Gasteiger partial charge >= 0.3 is 13.6 Å². The molecule has 0 saturated carbocycles. The summed E-state index contributed by atoms with van der Waals surface area (Å²) in [4.78, 5) is 21.4. The summed E-state index contributed by atoms with van der Waals surface area (Å²) in [6.07, 6.45) is 22.1. The van der Waals surface area contributed by atoms with Crippen molar-refractivity contribution < 1.29 is 32.7 Å². The molecule has 0 aliphatic heterocycles. The molecule has 0 rings (SSSR count). The van der Waals surface area contributed by atoms with Crippen LogP contribution in [0.3, 0.4) is 0 Å². The summed E-state index contributed by atoms with van der Waals surface area (Å²) >= 11 is 0. The van der Waals surface area contributed by atoms with Gasteiger partial charge in [0.25, 0.3) is 0 Å². The maximum atomic E-state index is 12.2. The SMILES string of the molecule is CCCCCCCCCCCCCCCCCCCOCC(COP(=O)(O)CC[N+](C)(C)C)OC(C)=O. The number of hydrogen-bond acceptors (Lipinski definition) is 5. The van der Waals surface area contributed by atoms with E-state index in [1.165, 1.54) is 103 Å². The van der Waals surface area contributed by atoms with E-state index < -0.39 is 19.7 Å². The van der Waals surface area contributed by atoms with Crippen molar-refractivity contribution in [2.45, 2.75) is 129 Å². The van der Waals surface area contributed by atoms with Gasteiger partial charge in [-0.05, 0) is 6.42 Å². The zero-order chi connectivity index (χ0) is 27.8. The van der Waals surface area contributed by atoms with Crippen LogP contribution in [0.25, 0.3) is 0 Å². The van der Waals surface area contributed by atoms with E-state index in [0.717, 1.165) is 12.8 Å². The Morgan fingerprint density at radius 3 is 1.59 bits per heavy atom. The highest BCUT2D eigenvalue weighted by atomic mass is 31.2. The highest BCUT2D eigenvalue weighted by Crippen LogP contribution is 2.41. The maximum absolute atomic E-state index is 12.2. The number of nitrogens with zero attached hydrogens (tertiary/aromatic N) is 1. The van der Waals surface area contributed by atoms with Crippen molar-refractivity contribution in [1.82, 2.24) is 0 Å². The molecular weight excluding hydrogens is 489 g/mol. The van der Waals surface area contributed by atoms with Gasteiger partial charge in [-0.25, -0.2) is 0 Å². The molecule has 37 heavy (non-hydrogen) atoms. The molecule has 2 atom stereocenters. The molecule has 0 bridgehead atoms. The van der Waals surface area contributed by atoms with Gasteiger partial charge in [-0.1, -0.05) is 110 Å². The second kappa shape index (κ2) is 23.4. The minimum atomic E-state index is -3.73. The molecule has 222 valence electrons. The van der Waals surface area contributed by atoms with Crippen molar-refractivity contribution >= 4 is 13.6 Å². The predicted molar refractivity (Wildman–Crippen MR) is 154 cm³/mol. The third-order valence-electron chi connectivity index (χ3n) is 6.54. The fraction of sp³-hybridized carbons (Fsp3) is 0.966. The Kier molecular flexibility index (Phi) is 23.1. The van der Waals surface area contributed by atoms with Crippen LogP contribution >= 0.6 is 7.60 Å². The van der Waals surface area contributed by atoms with Gasteiger partial charge in [0.05, 0.1) is 47.1 Å². The lowest BCUT2D eigenvalue weighted by molar-refractivity contribution is -0.867. The predicted octanol–water partition coefficient (Wildman–Crippen LogP) is 7.49. The number of ether oxygens (including phenoxy) is 2. The number of unbranched alkanes of at least 4 members (excludes halogenated alkanes) is 16. The lowest BCUT2D eigenvalue weighted by Gasteiger charge is -2.25. The first-order chi connectivity index (χ1) is 17.6. The average molecular weight is 551 g/mol. The van der Waals surface area contributed by atoms with Crippen molar-refractivity contribution in [3.05, 3.63) is 0 Å². The number of rotatable bonds is 27. The van der Waals surface area contributed by atoms with Crippen LogP contribution in [0.5, 0.6) is 0 Å². The van der Waals surface area contributed by atoms with Gasteiger partial charge in [0, 0.05) is 13.5 Å². The minimum Gasteiger partial charge on any atom is -0.458 e. The standard InChI is InChI=1S/C29H60NO6P/c1-6-7-8-9-10-11-12-13-14-15-16-17-18-19-20-21-22-24-34-26-29(36-28(2)31)27-35-37(32,33)25-23-30(3,4)5/h29H,6-27H2,1-5H3/p+1. The Labute approximate surface area is 229 Å². The van der Waals surface area contributed by atoms with Crippen molar-refractivity contribution in [2.24, 2.45) is 0 Å². The molecular formula is C29H61NO6P+. The number of carbonyl (C=O) groups is 1. The Bertz CT molecular complexity index is 581. The average Bonchev–Trinajstić information content (AvgIpc) is 2.82. The Morgan fingerprint density at radius 1 is 0.757 bits per heavy atom. The summed E-state index contributed by atoms with van der Waals surface area (Å²) in [5, 5.41) is 0. The van der Waals surface area contributed by atoms with E-state index in [1.54, 1.807) is 0 Å². The fourth-order valence-corrected chi connectivity index (χ4v) is 5.57. The molecule has 0 aromatic carbocycles. The third-order valence-corrected chi connectivity index (χ3v) is 7.86. The summed E-state index contributed by atoms with van der Waals surface area (Å²) in [6.45, 7) is 4.74. The molecule has 0 amide bonds. The largest absolute Gasteiger partial charge is 0.458 e. The molecule has 0 aliphatic rings. The first-order valence-electron chi connectivity index (χ1n) is 15.1. The highest BCUT2D eigenvalue weighted by molar-refractivity contribution is 7.52. The van der Waals surface area contributed by atoms with Gasteiger partial charge in [-0.15, -0.1) is 0 Å². The van der Waals surface area contributed by atoms with Gasteiger partial charge in [-0.3, -0.25) is 9.36 Å². The molecule has 0 saturated heterocycles. The monoisotopic (exact) mass is 550 g/mol. The van der Waals surface area contributed by atoms with Crippen LogP contribution in [-0.4, -0.2) is 75.1 Å². The van der Waals surface area contributed by atoms with Crippen LogP contribution in [0, 0.1) is 0 Å². The zero-order valence-corrected chi connectivity index (χ0v) is 25.9. The molecule has 0 spiro atoms. The van der Waals surface area contributed by atoms with Crippen molar-refractivity contribution in [2.75, 3.05) is 53.7 Å². The fourth-order valence-electron chi connectivity index (χ4n) is 4.19. The summed E-state index contributed by atoms with van der Waals surface area (Å²) < 4.78 is 28.9. The van der Waals surface area contributed by atoms with E-state index in [2.05, 4.69) is 6.92 Å². The van der Waals surface area contributed by atoms with E-state index in [1.807, 2.05) is 21.1 Å². The molecule has 1 N–H and O–H groups in total. The van der Waals surface area contributed by atoms with Crippen LogP contribution in [0.15, 0.2) is 0 Å².